The summed E-state index contributed by atoms with van der Waals surface area (Å²) in [6.07, 6.45) is 1.04. The van der Waals surface area contributed by atoms with Gasteiger partial charge in [0.2, 0.25) is 0 Å². The minimum absolute atomic E-state index is 0.558. The van der Waals surface area contributed by atoms with Crippen LogP contribution in [0.3, 0.4) is 0 Å². The third-order valence-electron chi connectivity index (χ3n) is 6.62. The van der Waals surface area contributed by atoms with Gasteiger partial charge in [0, 0.05) is 24.0 Å². The van der Waals surface area contributed by atoms with E-state index in [1.54, 1.807) is 0 Å². The summed E-state index contributed by atoms with van der Waals surface area (Å²) in [7, 11) is 2.19. The maximum Gasteiger partial charge on any atom is 0.120 e. The molecule has 33 heavy (non-hydrogen) atoms. The zero-order valence-electron chi connectivity index (χ0n) is 18.8. The molecular weight excluding hydrogens is 404 g/mol. The molecule has 1 aliphatic rings. The van der Waals surface area contributed by atoms with Gasteiger partial charge in [0.15, 0.2) is 0 Å². The Labute approximate surface area is 194 Å². The first kappa shape index (κ1) is 20.0. The average Bonchev–Trinajstić information content (AvgIpc) is 2.87. The first-order valence-electron chi connectivity index (χ1n) is 11.6. The average molecular weight is 431 g/mol. The monoisotopic (exact) mass is 430 g/mol. The molecule has 0 saturated carbocycles. The summed E-state index contributed by atoms with van der Waals surface area (Å²) in [5.41, 5.74) is 7.21. The lowest BCUT2D eigenvalue weighted by atomic mass is 9.89. The van der Waals surface area contributed by atoms with E-state index in [-0.39, 0.29) is 0 Å². The summed E-state index contributed by atoms with van der Waals surface area (Å²) in [4.78, 5) is 7.61. The fourth-order valence-corrected chi connectivity index (χ4v) is 4.96. The summed E-state index contributed by atoms with van der Waals surface area (Å²) < 4.78 is 6.13. The van der Waals surface area contributed by atoms with Crippen LogP contribution in [0.2, 0.25) is 0 Å². The van der Waals surface area contributed by atoms with Gasteiger partial charge in [-0.1, -0.05) is 72.8 Å². The molecule has 0 spiro atoms. The SMILES string of the molecule is CN1CCc2c(c(-c3cccc(OCc4ccccc4)c3)nc3ccc4ccccc4c23)C1. The number of likely N-dealkylation sites (N-methyl/N-ethyl adjacent to an activating group) is 1. The minimum Gasteiger partial charge on any atom is -0.489 e. The normalized spacial score (nSPS) is 13.8. The van der Waals surface area contributed by atoms with Gasteiger partial charge in [-0.05, 0) is 59.1 Å². The van der Waals surface area contributed by atoms with Crippen LogP contribution in [0.4, 0.5) is 0 Å². The molecule has 162 valence electrons. The van der Waals surface area contributed by atoms with E-state index < -0.39 is 0 Å². The van der Waals surface area contributed by atoms with Gasteiger partial charge in [0.25, 0.3) is 0 Å². The number of rotatable bonds is 4. The van der Waals surface area contributed by atoms with E-state index in [0.717, 1.165) is 47.6 Å². The van der Waals surface area contributed by atoms with Crippen LogP contribution in [-0.2, 0) is 19.6 Å². The molecule has 3 nitrogen and oxygen atoms in total. The molecule has 4 aromatic carbocycles. The Morgan fingerprint density at radius 3 is 2.61 bits per heavy atom. The summed E-state index contributed by atoms with van der Waals surface area (Å²) in [6.45, 7) is 2.53. The second-order valence-electron chi connectivity index (χ2n) is 8.89. The van der Waals surface area contributed by atoms with Crippen LogP contribution < -0.4 is 4.74 Å². The number of benzene rings is 4. The summed E-state index contributed by atoms with van der Waals surface area (Å²) in [5.74, 6) is 0.870. The number of aromatic nitrogens is 1. The molecule has 3 heteroatoms. The number of hydrogen-bond acceptors (Lipinski definition) is 3. The van der Waals surface area contributed by atoms with Crippen molar-refractivity contribution in [1.82, 2.24) is 9.88 Å². The van der Waals surface area contributed by atoms with Gasteiger partial charge in [0.1, 0.15) is 12.4 Å². The number of nitrogens with zero attached hydrogens (tertiary/aromatic N) is 2. The summed E-state index contributed by atoms with van der Waals surface area (Å²) >= 11 is 0. The molecule has 0 unspecified atom stereocenters. The molecular formula is C30H26N2O. The first-order chi connectivity index (χ1) is 16.3. The molecule has 0 N–H and O–H groups in total. The standard InChI is InChI=1S/C30H26N2O/c1-32-17-16-26-27(19-32)30(31-28-15-14-22-10-5-6-13-25(22)29(26)28)23-11-7-12-24(18-23)33-20-21-8-3-2-4-9-21/h2-15,18H,16-17,19-20H2,1H3. The number of pyridine rings is 1. The van der Waals surface area contributed by atoms with E-state index >= 15 is 0 Å². The van der Waals surface area contributed by atoms with Gasteiger partial charge >= 0.3 is 0 Å². The third kappa shape index (κ3) is 3.75. The van der Waals surface area contributed by atoms with Crippen molar-refractivity contribution in [3.8, 4) is 17.0 Å². The van der Waals surface area contributed by atoms with Crippen LogP contribution in [0.25, 0.3) is 32.9 Å². The topological polar surface area (TPSA) is 25.4 Å². The van der Waals surface area contributed by atoms with E-state index in [2.05, 4.69) is 78.7 Å². The summed E-state index contributed by atoms with van der Waals surface area (Å²) in [6, 6.07) is 31.7. The smallest absolute Gasteiger partial charge is 0.120 e. The predicted octanol–water partition coefficient (Wildman–Crippen LogP) is 6.62. The van der Waals surface area contributed by atoms with Crippen LogP contribution in [0.15, 0.2) is 91.0 Å². The molecule has 1 aromatic heterocycles. The maximum absolute atomic E-state index is 6.13. The number of ether oxygens (including phenoxy) is 1. The van der Waals surface area contributed by atoms with Gasteiger partial charge < -0.3 is 9.64 Å². The van der Waals surface area contributed by atoms with Crippen molar-refractivity contribution in [2.45, 2.75) is 19.6 Å². The molecule has 0 saturated heterocycles. The molecule has 0 atom stereocenters. The van der Waals surface area contributed by atoms with Crippen LogP contribution in [0.5, 0.6) is 5.75 Å². The van der Waals surface area contributed by atoms with Gasteiger partial charge in [0.05, 0.1) is 11.2 Å². The molecule has 0 aliphatic carbocycles. The van der Waals surface area contributed by atoms with Crippen LogP contribution in [0, 0.1) is 0 Å². The van der Waals surface area contributed by atoms with E-state index in [1.807, 2.05) is 24.3 Å². The molecule has 1 aliphatic heterocycles. The van der Waals surface area contributed by atoms with Crippen LogP contribution >= 0.6 is 0 Å². The van der Waals surface area contributed by atoms with Crippen molar-refractivity contribution in [3.05, 3.63) is 108 Å². The van der Waals surface area contributed by atoms with Gasteiger partial charge in [-0.25, -0.2) is 4.98 Å². The molecule has 0 radical (unpaired) electrons. The third-order valence-corrected chi connectivity index (χ3v) is 6.62. The summed E-state index contributed by atoms with van der Waals surface area (Å²) in [5, 5.41) is 3.89. The number of hydrogen-bond donors (Lipinski definition) is 0. The quantitative estimate of drug-likeness (QED) is 0.300. The zero-order valence-corrected chi connectivity index (χ0v) is 18.8. The second kappa shape index (κ2) is 8.34. The molecule has 6 rings (SSSR count). The number of fused-ring (bicyclic) bond motifs is 5. The van der Waals surface area contributed by atoms with Crippen molar-refractivity contribution in [2.24, 2.45) is 0 Å². The Hall–Kier alpha value is -3.69. The molecule has 0 bridgehead atoms. The van der Waals surface area contributed by atoms with Gasteiger partial charge in [-0.15, -0.1) is 0 Å². The Kier molecular flexibility index (Phi) is 5.04. The van der Waals surface area contributed by atoms with Crippen molar-refractivity contribution in [2.75, 3.05) is 13.6 Å². The Bertz CT molecular complexity index is 1460. The van der Waals surface area contributed by atoms with Crippen molar-refractivity contribution < 1.29 is 4.74 Å². The Balaban J connectivity index is 1.47. The molecule has 2 heterocycles. The van der Waals surface area contributed by atoms with Gasteiger partial charge in [-0.3, -0.25) is 0 Å². The molecule has 0 fully saturated rings. The first-order valence-corrected chi connectivity index (χ1v) is 11.6. The van der Waals surface area contributed by atoms with Gasteiger partial charge in [-0.2, -0.15) is 0 Å². The lowest BCUT2D eigenvalue weighted by Gasteiger charge is -2.28. The molecule has 0 amide bonds. The highest BCUT2D eigenvalue weighted by atomic mass is 16.5. The fraction of sp³-hybridized carbons (Fsp3) is 0.167. The molecule has 5 aromatic rings. The Morgan fingerprint density at radius 2 is 1.70 bits per heavy atom. The minimum atomic E-state index is 0.558. The van der Waals surface area contributed by atoms with Crippen LogP contribution in [-0.4, -0.2) is 23.5 Å². The largest absolute Gasteiger partial charge is 0.489 e. The highest BCUT2D eigenvalue weighted by molar-refractivity contribution is 6.09. The van der Waals surface area contributed by atoms with Crippen molar-refractivity contribution in [3.63, 3.8) is 0 Å². The maximum atomic E-state index is 6.13. The van der Waals surface area contributed by atoms with E-state index in [1.165, 1.54) is 27.3 Å². The van der Waals surface area contributed by atoms with E-state index in [4.69, 9.17) is 9.72 Å². The van der Waals surface area contributed by atoms with E-state index in [0.29, 0.717) is 6.61 Å². The second-order valence-corrected chi connectivity index (χ2v) is 8.89. The predicted molar refractivity (Wildman–Crippen MR) is 135 cm³/mol. The highest BCUT2D eigenvalue weighted by Crippen LogP contribution is 2.37. The van der Waals surface area contributed by atoms with Crippen LogP contribution in [0.1, 0.15) is 16.7 Å². The lowest BCUT2D eigenvalue weighted by molar-refractivity contribution is 0.306. The highest BCUT2D eigenvalue weighted by Gasteiger charge is 2.23. The van der Waals surface area contributed by atoms with E-state index in [9.17, 15) is 0 Å². The fourth-order valence-electron chi connectivity index (χ4n) is 4.96. The zero-order chi connectivity index (χ0) is 22.2. The van der Waals surface area contributed by atoms with Crippen molar-refractivity contribution in [1.29, 1.82) is 0 Å². The Morgan fingerprint density at radius 1 is 0.848 bits per heavy atom. The lowest BCUT2D eigenvalue weighted by Crippen LogP contribution is -2.27. The van der Waals surface area contributed by atoms with Crippen molar-refractivity contribution >= 4 is 21.7 Å².